The van der Waals surface area contributed by atoms with Gasteiger partial charge in [0.05, 0.1) is 16.7 Å². The number of carboxylic acid groups (broad SMARTS) is 1. The highest BCUT2D eigenvalue weighted by Gasteiger charge is 2.30. The Bertz CT molecular complexity index is 933. The monoisotopic (exact) mass is 392 g/mol. The molecule has 9 nitrogen and oxygen atoms in total. The Morgan fingerprint density at radius 2 is 1.74 bits per heavy atom. The van der Waals surface area contributed by atoms with Crippen LogP contribution in [0.15, 0.2) is 47.6 Å². The number of sulfonamides is 1. The summed E-state index contributed by atoms with van der Waals surface area (Å²) in [7, 11) is -3.58. The van der Waals surface area contributed by atoms with E-state index in [1.807, 2.05) is 0 Å². The minimum atomic E-state index is -3.58. The number of amides is 1. The molecule has 0 radical (unpaired) electrons. The van der Waals surface area contributed by atoms with Crippen molar-refractivity contribution in [1.82, 2.24) is 19.0 Å². The number of carboxylic acids is 1. The minimum absolute atomic E-state index is 0.197. The van der Waals surface area contributed by atoms with Gasteiger partial charge in [-0.25, -0.2) is 13.2 Å². The van der Waals surface area contributed by atoms with Crippen LogP contribution >= 0.6 is 0 Å². The summed E-state index contributed by atoms with van der Waals surface area (Å²) < 4.78 is 27.8. The summed E-state index contributed by atoms with van der Waals surface area (Å²) in [4.78, 5) is 25.4. The van der Waals surface area contributed by atoms with Crippen LogP contribution in [-0.4, -0.2) is 70.6 Å². The molecule has 0 bridgehead atoms. The Morgan fingerprint density at radius 1 is 1.11 bits per heavy atom. The second-order valence-electron chi connectivity index (χ2n) is 6.23. The summed E-state index contributed by atoms with van der Waals surface area (Å²) in [5.74, 6) is -1.34. The Labute approximate surface area is 156 Å². The van der Waals surface area contributed by atoms with Gasteiger partial charge in [-0.15, -0.1) is 0 Å². The molecule has 0 saturated carbocycles. The normalized spacial score (nSPS) is 16.9. The van der Waals surface area contributed by atoms with E-state index in [-0.39, 0.29) is 42.5 Å². The lowest BCUT2D eigenvalue weighted by molar-refractivity contribution is -0.140. The molecule has 1 N–H and O–H groups in total. The van der Waals surface area contributed by atoms with Crippen LogP contribution in [0, 0.1) is 0 Å². The van der Waals surface area contributed by atoms with Gasteiger partial charge >= 0.3 is 5.97 Å². The fraction of sp³-hybridized carbons (Fsp3) is 0.353. The van der Waals surface area contributed by atoms with Gasteiger partial charge < -0.3 is 10.0 Å². The summed E-state index contributed by atoms with van der Waals surface area (Å²) in [6.07, 6.45) is 2.73. The first kappa shape index (κ1) is 19.1. The Morgan fingerprint density at radius 3 is 2.33 bits per heavy atom. The Kier molecular flexibility index (Phi) is 5.29. The van der Waals surface area contributed by atoms with Gasteiger partial charge in [-0.1, -0.05) is 18.2 Å². The van der Waals surface area contributed by atoms with Crippen LogP contribution in [0.1, 0.15) is 23.3 Å². The molecule has 1 amide bonds. The Balaban J connectivity index is 1.66. The molecule has 2 aromatic rings. The Hall–Kier alpha value is -2.72. The minimum Gasteiger partial charge on any atom is -0.480 e. The van der Waals surface area contributed by atoms with Gasteiger partial charge in [0.15, 0.2) is 0 Å². The van der Waals surface area contributed by atoms with E-state index >= 15 is 0 Å². The first-order chi connectivity index (χ1) is 12.8. The predicted molar refractivity (Wildman–Crippen MR) is 95.7 cm³/mol. The molecule has 2 heterocycles. The molecule has 0 aliphatic carbocycles. The van der Waals surface area contributed by atoms with Gasteiger partial charge in [-0.2, -0.15) is 9.40 Å². The molecule has 27 heavy (non-hydrogen) atoms. The van der Waals surface area contributed by atoms with Crippen molar-refractivity contribution in [2.24, 2.45) is 0 Å². The molecule has 1 saturated heterocycles. The number of nitrogens with zero attached hydrogens (tertiary/aromatic N) is 4. The average molecular weight is 392 g/mol. The van der Waals surface area contributed by atoms with Crippen LogP contribution in [0.2, 0.25) is 0 Å². The predicted octanol–water partition coefficient (Wildman–Crippen LogP) is 0.675. The second-order valence-corrected chi connectivity index (χ2v) is 8.17. The van der Waals surface area contributed by atoms with Crippen molar-refractivity contribution in [3.8, 4) is 0 Å². The molecule has 0 spiro atoms. The number of carbonyl (C=O) groups is 2. The summed E-state index contributed by atoms with van der Waals surface area (Å²) in [6.45, 7) is 2.37. The standard InChI is InChI=1S/C17H20N4O5S/c1-13(17(23)24)21-12-14(11-18-21)16(22)19-7-9-20(10-8-19)27(25,26)15-5-3-2-4-6-15/h2-6,11-13H,7-10H2,1H3,(H,23,24). The van der Waals surface area contributed by atoms with E-state index < -0.39 is 22.0 Å². The third-order valence-corrected chi connectivity index (χ3v) is 6.42. The highest BCUT2D eigenvalue weighted by Crippen LogP contribution is 2.18. The van der Waals surface area contributed by atoms with Crippen molar-refractivity contribution in [3.05, 3.63) is 48.3 Å². The molecule has 1 fully saturated rings. The van der Waals surface area contributed by atoms with Gasteiger partial charge in [0.1, 0.15) is 6.04 Å². The van der Waals surface area contributed by atoms with E-state index in [1.54, 1.807) is 35.2 Å². The van der Waals surface area contributed by atoms with Crippen LogP contribution in [0.3, 0.4) is 0 Å². The quantitative estimate of drug-likeness (QED) is 0.800. The number of piperazine rings is 1. The van der Waals surface area contributed by atoms with Crippen molar-refractivity contribution in [1.29, 1.82) is 0 Å². The van der Waals surface area contributed by atoms with Crippen LogP contribution in [0.5, 0.6) is 0 Å². The maximum atomic E-state index is 12.6. The number of rotatable bonds is 5. The van der Waals surface area contributed by atoms with Gasteiger partial charge in [0.25, 0.3) is 5.91 Å². The number of carbonyl (C=O) groups excluding carboxylic acids is 1. The number of hydrogen-bond donors (Lipinski definition) is 1. The smallest absolute Gasteiger partial charge is 0.328 e. The van der Waals surface area contributed by atoms with E-state index in [4.69, 9.17) is 5.11 Å². The van der Waals surface area contributed by atoms with E-state index in [0.29, 0.717) is 0 Å². The maximum absolute atomic E-state index is 12.6. The molecule has 3 rings (SSSR count). The van der Waals surface area contributed by atoms with Crippen LogP contribution < -0.4 is 0 Å². The number of aliphatic carboxylic acids is 1. The molecular formula is C17H20N4O5S. The molecule has 1 aliphatic rings. The number of benzene rings is 1. The first-order valence-corrected chi connectivity index (χ1v) is 9.86. The van der Waals surface area contributed by atoms with Gasteiger partial charge in [0.2, 0.25) is 10.0 Å². The van der Waals surface area contributed by atoms with E-state index in [2.05, 4.69) is 5.10 Å². The van der Waals surface area contributed by atoms with Crippen molar-refractivity contribution >= 4 is 21.9 Å². The molecule has 1 atom stereocenters. The van der Waals surface area contributed by atoms with Gasteiger partial charge in [-0.3, -0.25) is 9.48 Å². The average Bonchev–Trinajstić information content (AvgIpc) is 3.17. The molecule has 10 heteroatoms. The lowest BCUT2D eigenvalue weighted by atomic mass is 10.2. The first-order valence-electron chi connectivity index (χ1n) is 8.42. The molecular weight excluding hydrogens is 372 g/mol. The van der Waals surface area contributed by atoms with Crippen LogP contribution in [-0.2, 0) is 14.8 Å². The summed E-state index contributed by atoms with van der Waals surface area (Å²) >= 11 is 0. The highest BCUT2D eigenvalue weighted by molar-refractivity contribution is 7.89. The van der Waals surface area contributed by atoms with Crippen molar-refractivity contribution in [2.45, 2.75) is 17.9 Å². The van der Waals surface area contributed by atoms with Crippen molar-refractivity contribution in [2.75, 3.05) is 26.2 Å². The van der Waals surface area contributed by atoms with Crippen molar-refractivity contribution < 1.29 is 23.1 Å². The second kappa shape index (κ2) is 7.49. The molecule has 1 aliphatic heterocycles. The lowest BCUT2D eigenvalue weighted by Crippen LogP contribution is -2.50. The largest absolute Gasteiger partial charge is 0.480 e. The highest BCUT2D eigenvalue weighted by atomic mass is 32.2. The fourth-order valence-electron chi connectivity index (χ4n) is 2.83. The van der Waals surface area contributed by atoms with Gasteiger partial charge in [-0.05, 0) is 19.1 Å². The molecule has 1 aromatic heterocycles. The zero-order chi connectivity index (χ0) is 19.6. The lowest BCUT2D eigenvalue weighted by Gasteiger charge is -2.33. The van der Waals surface area contributed by atoms with Crippen molar-refractivity contribution in [3.63, 3.8) is 0 Å². The summed E-state index contributed by atoms with van der Waals surface area (Å²) in [5, 5.41) is 12.9. The fourth-order valence-corrected chi connectivity index (χ4v) is 4.27. The van der Waals surface area contributed by atoms with E-state index in [1.165, 1.54) is 28.3 Å². The SMILES string of the molecule is CC(C(=O)O)n1cc(C(=O)N2CCN(S(=O)(=O)c3ccccc3)CC2)cn1. The summed E-state index contributed by atoms with van der Waals surface area (Å²) in [6, 6.07) is 7.31. The zero-order valence-corrected chi connectivity index (χ0v) is 15.5. The van der Waals surface area contributed by atoms with Crippen LogP contribution in [0.4, 0.5) is 0 Å². The number of hydrogen-bond acceptors (Lipinski definition) is 5. The molecule has 144 valence electrons. The zero-order valence-electron chi connectivity index (χ0n) is 14.7. The third kappa shape index (κ3) is 3.86. The van der Waals surface area contributed by atoms with E-state index in [9.17, 15) is 18.0 Å². The van der Waals surface area contributed by atoms with Gasteiger partial charge in [0, 0.05) is 32.4 Å². The number of aromatic nitrogens is 2. The maximum Gasteiger partial charge on any atom is 0.328 e. The summed E-state index contributed by atoms with van der Waals surface area (Å²) in [5.41, 5.74) is 0.280. The molecule has 1 aromatic carbocycles. The van der Waals surface area contributed by atoms with E-state index in [0.717, 1.165) is 0 Å². The third-order valence-electron chi connectivity index (χ3n) is 4.51. The topological polar surface area (TPSA) is 113 Å². The molecule has 1 unspecified atom stereocenters. The van der Waals surface area contributed by atoms with Crippen LogP contribution in [0.25, 0.3) is 0 Å².